The summed E-state index contributed by atoms with van der Waals surface area (Å²) in [6.45, 7) is 8.03. The number of carbonyl (C=O) groups excluding carboxylic acids is 1. The Labute approximate surface area is 120 Å². The van der Waals surface area contributed by atoms with Gasteiger partial charge in [0.15, 0.2) is 0 Å². The Bertz CT molecular complexity index is 469. The van der Waals surface area contributed by atoms with Gasteiger partial charge in [-0.05, 0) is 45.4 Å². The van der Waals surface area contributed by atoms with Crippen LogP contribution in [0.4, 0.5) is 0 Å². The van der Waals surface area contributed by atoms with Gasteiger partial charge >= 0.3 is 5.97 Å². The summed E-state index contributed by atoms with van der Waals surface area (Å²) in [6.07, 6.45) is 1.47. The third-order valence-corrected chi connectivity index (χ3v) is 2.47. The zero-order valence-corrected chi connectivity index (χ0v) is 12.8. The number of carbonyl (C=O) groups is 1. The van der Waals surface area contributed by atoms with E-state index >= 15 is 0 Å². The molecule has 1 N–H and O–H groups in total. The van der Waals surface area contributed by atoms with Crippen molar-refractivity contribution in [2.75, 3.05) is 7.11 Å². The van der Waals surface area contributed by atoms with Crippen molar-refractivity contribution in [3.05, 3.63) is 41.6 Å². The Balaban J connectivity index is 2.49. The molecule has 0 atom stereocenters. The molecule has 0 saturated heterocycles. The molecule has 0 bridgehead atoms. The fourth-order valence-corrected chi connectivity index (χ4v) is 1.54. The van der Waals surface area contributed by atoms with Crippen LogP contribution < -0.4 is 10.1 Å². The predicted molar refractivity (Wildman–Crippen MR) is 79.4 cm³/mol. The minimum atomic E-state index is -0.468. The Kier molecular flexibility index (Phi) is 5.62. The highest BCUT2D eigenvalue weighted by atomic mass is 16.6. The van der Waals surface area contributed by atoms with E-state index in [0.29, 0.717) is 6.54 Å². The molecule has 0 aromatic heterocycles. The first-order valence-corrected chi connectivity index (χ1v) is 6.58. The van der Waals surface area contributed by atoms with E-state index in [1.807, 2.05) is 52.0 Å². The lowest BCUT2D eigenvalue weighted by atomic mass is 10.2. The van der Waals surface area contributed by atoms with Crippen molar-refractivity contribution in [3.63, 3.8) is 0 Å². The maximum Gasteiger partial charge on any atom is 0.333 e. The van der Waals surface area contributed by atoms with Crippen molar-refractivity contribution >= 4 is 5.97 Å². The molecule has 0 radical (unpaired) electrons. The highest BCUT2D eigenvalue weighted by Crippen LogP contribution is 2.11. The molecule has 0 spiro atoms. The van der Waals surface area contributed by atoms with Crippen LogP contribution in [0.15, 0.2) is 36.0 Å². The van der Waals surface area contributed by atoms with Gasteiger partial charge in [0.05, 0.1) is 7.11 Å². The molecular formula is C16H23NO3. The van der Waals surface area contributed by atoms with Crippen LogP contribution in [0.2, 0.25) is 0 Å². The maximum atomic E-state index is 11.6. The summed E-state index contributed by atoms with van der Waals surface area (Å²) in [4.78, 5) is 11.6. The Hall–Kier alpha value is -1.97. The van der Waals surface area contributed by atoms with Gasteiger partial charge < -0.3 is 14.8 Å². The standard InChI is InChI=1S/C16H23NO3/c1-12(10-15(18)20-16(2,3)4)17-11-13-6-8-14(19-5)9-7-13/h6-10,17H,11H2,1-5H3/b12-10+. The molecule has 0 aliphatic rings. The van der Waals surface area contributed by atoms with Crippen LogP contribution in [0.3, 0.4) is 0 Å². The molecule has 4 heteroatoms. The van der Waals surface area contributed by atoms with E-state index in [0.717, 1.165) is 17.0 Å². The SMILES string of the molecule is COc1ccc(CN/C(C)=C/C(=O)OC(C)(C)C)cc1. The van der Waals surface area contributed by atoms with Crippen LogP contribution in [0, 0.1) is 0 Å². The molecule has 0 unspecified atom stereocenters. The number of hydrogen-bond donors (Lipinski definition) is 1. The average molecular weight is 277 g/mol. The van der Waals surface area contributed by atoms with Crippen molar-refractivity contribution in [3.8, 4) is 5.75 Å². The number of benzene rings is 1. The first-order chi connectivity index (χ1) is 9.30. The summed E-state index contributed by atoms with van der Waals surface area (Å²) in [5, 5.41) is 3.17. The van der Waals surface area contributed by atoms with E-state index in [4.69, 9.17) is 9.47 Å². The third-order valence-electron chi connectivity index (χ3n) is 2.47. The fraction of sp³-hybridized carbons (Fsp3) is 0.438. The molecule has 110 valence electrons. The first kappa shape index (κ1) is 16.1. The third kappa shape index (κ3) is 6.27. The monoisotopic (exact) mass is 277 g/mol. The molecule has 20 heavy (non-hydrogen) atoms. The fourth-order valence-electron chi connectivity index (χ4n) is 1.54. The molecule has 0 aliphatic carbocycles. The van der Waals surface area contributed by atoms with Gasteiger partial charge in [-0.2, -0.15) is 0 Å². The van der Waals surface area contributed by atoms with Crippen molar-refractivity contribution in [1.29, 1.82) is 0 Å². The molecule has 1 aromatic carbocycles. The van der Waals surface area contributed by atoms with Crippen LogP contribution in [0.5, 0.6) is 5.75 Å². The summed E-state index contributed by atoms with van der Waals surface area (Å²) in [5.41, 5.74) is 1.42. The van der Waals surface area contributed by atoms with Gasteiger partial charge in [0.2, 0.25) is 0 Å². The molecule has 0 heterocycles. The lowest BCUT2D eigenvalue weighted by Crippen LogP contribution is -2.23. The first-order valence-electron chi connectivity index (χ1n) is 6.58. The van der Waals surface area contributed by atoms with Gasteiger partial charge in [-0.1, -0.05) is 12.1 Å². The van der Waals surface area contributed by atoms with E-state index in [9.17, 15) is 4.79 Å². The lowest BCUT2D eigenvalue weighted by Gasteiger charge is -2.18. The number of esters is 1. The van der Waals surface area contributed by atoms with Gasteiger partial charge in [0.25, 0.3) is 0 Å². The Morgan fingerprint density at radius 3 is 2.35 bits per heavy atom. The number of ether oxygens (including phenoxy) is 2. The second-order valence-electron chi connectivity index (χ2n) is 5.56. The summed E-state index contributed by atoms with van der Waals surface area (Å²) in [7, 11) is 1.64. The van der Waals surface area contributed by atoms with Gasteiger partial charge in [-0.3, -0.25) is 0 Å². The van der Waals surface area contributed by atoms with Crippen molar-refractivity contribution in [1.82, 2.24) is 5.32 Å². The van der Waals surface area contributed by atoms with E-state index < -0.39 is 5.60 Å². The number of allylic oxidation sites excluding steroid dienone is 1. The zero-order valence-electron chi connectivity index (χ0n) is 12.8. The normalized spacial score (nSPS) is 11.9. The minimum Gasteiger partial charge on any atom is -0.497 e. The van der Waals surface area contributed by atoms with Crippen molar-refractivity contribution in [2.24, 2.45) is 0 Å². The molecule has 0 saturated carbocycles. The highest BCUT2D eigenvalue weighted by molar-refractivity contribution is 5.82. The molecule has 0 amide bonds. The second-order valence-corrected chi connectivity index (χ2v) is 5.56. The number of rotatable bonds is 5. The molecule has 4 nitrogen and oxygen atoms in total. The van der Waals surface area contributed by atoms with Gasteiger partial charge in [0, 0.05) is 18.3 Å². The molecule has 0 fully saturated rings. The highest BCUT2D eigenvalue weighted by Gasteiger charge is 2.14. The topological polar surface area (TPSA) is 47.6 Å². The summed E-state index contributed by atoms with van der Waals surface area (Å²) in [6, 6.07) is 7.77. The van der Waals surface area contributed by atoms with Crippen molar-refractivity contribution < 1.29 is 14.3 Å². The lowest BCUT2D eigenvalue weighted by molar-refractivity contribution is -0.148. The van der Waals surface area contributed by atoms with E-state index in [1.54, 1.807) is 7.11 Å². The summed E-state index contributed by atoms with van der Waals surface area (Å²) >= 11 is 0. The second kappa shape index (κ2) is 6.98. The summed E-state index contributed by atoms with van der Waals surface area (Å²) < 4.78 is 10.3. The average Bonchev–Trinajstić information content (AvgIpc) is 2.34. The number of methoxy groups -OCH3 is 1. The quantitative estimate of drug-likeness (QED) is 0.664. The van der Waals surface area contributed by atoms with Gasteiger partial charge in [-0.25, -0.2) is 4.79 Å². The Morgan fingerprint density at radius 1 is 1.25 bits per heavy atom. The number of nitrogens with one attached hydrogen (secondary N) is 1. The van der Waals surface area contributed by atoms with Crippen molar-refractivity contribution in [2.45, 2.75) is 39.8 Å². The smallest absolute Gasteiger partial charge is 0.333 e. The molecule has 1 rings (SSSR count). The minimum absolute atomic E-state index is 0.336. The van der Waals surface area contributed by atoms with Crippen LogP contribution >= 0.6 is 0 Å². The maximum absolute atomic E-state index is 11.6. The van der Waals surface area contributed by atoms with E-state index in [2.05, 4.69) is 5.32 Å². The van der Waals surface area contributed by atoms with Crippen LogP contribution in [-0.4, -0.2) is 18.7 Å². The molecule has 1 aromatic rings. The largest absolute Gasteiger partial charge is 0.497 e. The van der Waals surface area contributed by atoms with Crippen LogP contribution in [0.1, 0.15) is 33.3 Å². The van der Waals surface area contributed by atoms with E-state index in [1.165, 1.54) is 6.08 Å². The Morgan fingerprint density at radius 2 is 1.85 bits per heavy atom. The predicted octanol–water partition coefficient (Wildman–Crippen LogP) is 3.03. The number of hydrogen-bond acceptors (Lipinski definition) is 4. The van der Waals surface area contributed by atoms with E-state index in [-0.39, 0.29) is 5.97 Å². The van der Waals surface area contributed by atoms with Crippen LogP contribution in [0.25, 0.3) is 0 Å². The van der Waals surface area contributed by atoms with Gasteiger partial charge in [0.1, 0.15) is 11.4 Å². The van der Waals surface area contributed by atoms with Crippen LogP contribution in [-0.2, 0) is 16.1 Å². The zero-order chi connectivity index (χ0) is 15.2. The molecule has 0 aliphatic heterocycles. The van der Waals surface area contributed by atoms with Gasteiger partial charge in [-0.15, -0.1) is 0 Å². The molecular weight excluding hydrogens is 254 g/mol. The summed E-state index contributed by atoms with van der Waals surface area (Å²) in [5.74, 6) is 0.493.